The Morgan fingerprint density at radius 1 is 1.04 bits per heavy atom. The molecule has 26 heavy (non-hydrogen) atoms. The second kappa shape index (κ2) is 8.29. The Balaban J connectivity index is 1.83. The summed E-state index contributed by atoms with van der Waals surface area (Å²) in [6.45, 7) is 5.97. The lowest BCUT2D eigenvalue weighted by atomic mass is 10.1. The first-order valence-corrected chi connectivity index (χ1v) is 10.0. The van der Waals surface area contributed by atoms with Gasteiger partial charge in [0.2, 0.25) is 0 Å². The van der Waals surface area contributed by atoms with E-state index in [0.29, 0.717) is 5.84 Å². The summed E-state index contributed by atoms with van der Waals surface area (Å²) in [6, 6.07) is -0.737. The van der Waals surface area contributed by atoms with E-state index in [1.165, 1.54) is 41.9 Å². The highest BCUT2D eigenvalue weighted by Crippen LogP contribution is 2.20. The van der Waals surface area contributed by atoms with Crippen LogP contribution in [-0.4, -0.2) is 89.2 Å². The lowest BCUT2D eigenvalue weighted by molar-refractivity contribution is -0.537. The van der Waals surface area contributed by atoms with Crippen LogP contribution < -0.4 is 0 Å². The van der Waals surface area contributed by atoms with Crippen molar-refractivity contribution in [2.75, 3.05) is 40.3 Å². The number of nitrogens with zero attached hydrogens (tertiary/aromatic N) is 5. The number of amidine groups is 2. The third kappa shape index (κ3) is 3.68. The molecule has 2 fully saturated rings. The van der Waals surface area contributed by atoms with Gasteiger partial charge in [-0.05, 0) is 43.8 Å². The number of fused-ring (bicyclic) bond motifs is 1. The molecule has 7 nitrogen and oxygen atoms in total. The molecule has 0 aromatic carbocycles. The molecule has 3 rings (SSSR count). The summed E-state index contributed by atoms with van der Waals surface area (Å²) in [6.07, 6.45) is 8.35. The first kappa shape index (κ1) is 19.0. The highest BCUT2D eigenvalue weighted by atomic mass is 16.2. The summed E-state index contributed by atoms with van der Waals surface area (Å²) in [5, 5.41) is 0. The summed E-state index contributed by atoms with van der Waals surface area (Å²) in [5.41, 5.74) is 0. The number of carbonyl (C=O) groups excluding carboxylic acids is 2. The van der Waals surface area contributed by atoms with Gasteiger partial charge in [-0.15, -0.1) is 0 Å². The van der Waals surface area contributed by atoms with E-state index < -0.39 is 6.04 Å². The van der Waals surface area contributed by atoms with Crippen LogP contribution in [0.4, 0.5) is 4.79 Å². The van der Waals surface area contributed by atoms with Crippen LogP contribution in [-0.2, 0) is 4.79 Å². The largest absolute Gasteiger partial charge is 0.333 e. The molecule has 3 amide bonds. The highest BCUT2D eigenvalue weighted by Gasteiger charge is 2.52. The molecular formula is C19H32N5O2+. The van der Waals surface area contributed by atoms with Crippen molar-refractivity contribution in [2.24, 2.45) is 4.99 Å². The molecule has 0 spiro atoms. The summed E-state index contributed by atoms with van der Waals surface area (Å²) < 4.78 is 2.15. The number of likely N-dealkylation sites (tertiary alicyclic amines) is 1. The predicted octanol–water partition coefficient (Wildman–Crippen LogP) is 1.77. The minimum absolute atomic E-state index is 0.156. The normalized spacial score (nSPS) is 24.4. The van der Waals surface area contributed by atoms with Gasteiger partial charge in [0.15, 0.2) is 0 Å². The lowest BCUT2D eigenvalue weighted by Gasteiger charge is -2.30. The summed E-state index contributed by atoms with van der Waals surface area (Å²) in [7, 11) is 3.28. The number of hydrogen-bond donors (Lipinski definition) is 0. The summed E-state index contributed by atoms with van der Waals surface area (Å²) in [4.78, 5) is 35.1. The second-order valence-corrected chi connectivity index (χ2v) is 7.62. The maximum absolute atomic E-state index is 12.8. The zero-order valence-electron chi connectivity index (χ0n) is 16.4. The third-order valence-electron chi connectivity index (χ3n) is 5.68. The standard InChI is InChI=1S/C19H32N5O2/c1-4-5-6-10-13-24-15(14-23-11-8-7-9-12-23)20-17-16(24)18(25)22(3)19(26)21(17)2/h16H,4-14H2,1-3H3/q+1. The fourth-order valence-corrected chi connectivity index (χ4v) is 4.06. The van der Waals surface area contributed by atoms with Crippen molar-refractivity contribution in [1.29, 1.82) is 0 Å². The number of aliphatic imine (C=N–C) groups is 1. The molecule has 3 heterocycles. The van der Waals surface area contributed by atoms with Crippen LogP contribution in [0.1, 0.15) is 51.9 Å². The molecule has 3 aliphatic rings. The van der Waals surface area contributed by atoms with Crippen LogP contribution in [0, 0.1) is 0 Å². The molecule has 1 atom stereocenters. The molecule has 0 radical (unpaired) electrons. The van der Waals surface area contributed by atoms with Crippen molar-refractivity contribution < 1.29 is 14.2 Å². The molecule has 0 aromatic rings. The van der Waals surface area contributed by atoms with Gasteiger partial charge in [0.05, 0.1) is 6.54 Å². The monoisotopic (exact) mass is 362 g/mol. The number of piperidine rings is 1. The lowest BCUT2D eigenvalue weighted by Crippen LogP contribution is -2.61. The summed E-state index contributed by atoms with van der Waals surface area (Å²) >= 11 is 0. The molecule has 2 saturated heterocycles. The van der Waals surface area contributed by atoms with E-state index in [2.05, 4.69) is 16.4 Å². The third-order valence-corrected chi connectivity index (χ3v) is 5.68. The number of rotatable bonds is 7. The van der Waals surface area contributed by atoms with Gasteiger partial charge in [-0.1, -0.05) is 26.2 Å². The molecule has 0 aromatic heterocycles. The molecule has 0 N–H and O–H groups in total. The molecule has 0 aliphatic carbocycles. The van der Waals surface area contributed by atoms with Gasteiger partial charge in [0.25, 0.3) is 17.8 Å². The SMILES string of the molecule is CCCCCC[N+]1=C(CN2CCCCC2)N=C2C1C(=O)N(C)C(=O)N2C. The first-order chi connectivity index (χ1) is 12.5. The van der Waals surface area contributed by atoms with E-state index in [4.69, 9.17) is 4.99 Å². The van der Waals surface area contributed by atoms with E-state index in [-0.39, 0.29) is 11.9 Å². The minimum Gasteiger partial charge on any atom is -0.292 e. The van der Waals surface area contributed by atoms with Crippen molar-refractivity contribution >= 4 is 23.6 Å². The van der Waals surface area contributed by atoms with Crippen molar-refractivity contribution in [1.82, 2.24) is 14.7 Å². The van der Waals surface area contributed by atoms with Gasteiger partial charge in [0, 0.05) is 14.1 Å². The number of hydrogen-bond acceptors (Lipinski definition) is 4. The van der Waals surface area contributed by atoms with E-state index in [1.807, 2.05) is 0 Å². The highest BCUT2D eigenvalue weighted by molar-refractivity contribution is 6.23. The number of amides is 3. The molecule has 1 unspecified atom stereocenters. The minimum atomic E-state index is -0.441. The average molecular weight is 362 g/mol. The molecule has 144 valence electrons. The number of carbonyl (C=O) groups is 2. The Bertz CT molecular complexity index is 621. The van der Waals surface area contributed by atoms with Crippen LogP contribution >= 0.6 is 0 Å². The van der Waals surface area contributed by atoms with Crippen molar-refractivity contribution in [3.8, 4) is 0 Å². The Hall–Kier alpha value is -1.76. The van der Waals surface area contributed by atoms with Gasteiger partial charge in [-0.2, -0.15) is 0 Å². The Morgan fingerprint density at radius 2 is 1.77 bits per heavy atom. The van der Waals surface area contributed by atoms with Gasteiger partial charge in [-0.25, -0.2) is 9.37 Å². The first-order valence-electron chi connectivity index (χ1n) is 10.0. The number of unbranched alkanes of at least 4 members (excludes halogenated alkanes) is 3. The topological polar surface area (TPSA) is 59.2 Å². The van der Waals surface area contributed by atoms with Gasteiger partial charge in [-0.3, -0.25) is 19.5 Å². The molecule has 0 bridgehead atoms. The van der Waals surface area contributed by atoms with Crippen LogP contribution in [0.25, 0.3) is 0 Å². The molecular weight excluding hydrogens is 330 g/mol. The smallest absolute Gasteiger partial charge is 0.292 e. The maximum atomic E-state index is 12.8. The van der Waals surface area contributed by atoms with E-state index >= 15 is 0 Å². The number of imide groups is 1. The average Bonchev–Trinajstić information content (AvgIpc) is 3.01. The Kier molecular flexibility index (Phi) is 6.06. The van der Waals surface area contributed by atoms with Crippen LogP contribution in [0.15, 0.2) is 4.99 Å². The fraction of sp³-hybridized carbons (Fsp3) is 0.789. The van der Waals surface area contributed by atoms with E-state index in [0.717, 1.165) is 44.9 Å². The van der Waals surface area contributed by atoms with Crippen LogP contribution in [0.3, 0.4) is 0 Å². The van der Waals surface area contributed by atoms with Gasteiger partial charge in [0.1, 0.15) is 6.54 Å². The van der Waals surface area contributed by atoms with Crippen molar-refractivity contribution in [3.63, 3.8) is 0 Å². The molecule has 3 aliphatic heterocycles. The van der Waals surface area contributed by atoms with Crippen molar-refractivity contribution in [2.45, 2.75) is 57.9 Å². The Morgan fingerprint density at radius 3 is 2.46 bits per heavy atom. The van der Waals surface area contributed by atoms with E-state index in [1.54, 1.807) is 14.1 Å². The summed E-state index contributed by atoms with van der Waals surface area (Å²) in [5.74, 6) is 1.39. The maximum Gasteiger partial charge on any atom is 0.333 e. The predicted molar refractivity (Wildman–Crippen MR) is 102 cm³/mol. The zero-order valence-corrected chi connectivity index (χ0v) is 16.4. The number of likely N-dealkylation sites (N-methyl/N-ethyl adjacent to an activating group) is 2. The van der Waals surface area contributed by atoms with Crippen LogP contribution in [0.2, 0.25) is 0 Å². The van der Waals surface area contributed by atoms with E-state index in [9.17, 15) is 9.59 Å². The molecule has 7 heteroatoms. The Labute approximate surface area is 156 Å². The van der Waals surface area contributed by atoms with Gasteiger partial charge < -0.3 is 0 Å². The zero-order chi connectivity index (χ0) is 18.7. The number of urea groups is 1. The fourth-order valence-electron chi connectivity index (χ4n) is 4.06. The molecule has 0 saturated carbocycles. The van der Waals surface area contributed by atoms with Gasteiger partial charge >= 0.3 is 11.9 Å². The quantitative estimate of drug-likeness (QED) is 0.512. The van der Waals surface area contributed by atoms with Crippen LogP contribution in [0.5, 0.6) is 0 Å². The van der Waals surface area contributed by atoms with Crippen molar-refractivity contribution in [3.05, 3.63) is 0 Å². The second-order valence-electron chi connectivity index (χ2n) is 7.62.